The number of rotatable bonds is 3. The molecule has 0 aliphatic heterocycles. The fraction of sp³-hybridized carbons (Fsp3) is 0.111. The molecule has 2 N–H and O–H groups in total. The lowest BCUT2D eigenvalue weighted by Crippen LogP contribution is -1.95. The number of aryl methyl sites for hydroxylation is 1. The topological polar surface area (TPSA) is 62.8 Å². The largest absolute Gasteiger partial charge is 0.497 e. The smallest absolute Gasteiger partial charge is 0.119 e. The number of ether oxygens (including phenoxy) is 1. The number of hydrogen-bond acceptors (Lipinski definition) is 4. The van der Waals surface area contributed by atoms with Gasteiger partial charge in [0.05, 0.1) is 30.0 Å². The summed E-state index contributed by atoms with van der Waals surface area (Å²) in [6.07, 6.45) is 1.70. The third-order valence-corrected chi connectivity index (χ3v) is 3.84. The Balaban J connectivity index is 1.83. The Hall–Kier alpha value is -3.08. The number of nitrogens with zero attached hydrogens (tertiary/aromatic N) is 2. The molecule has 0 radical (unpaired) electrons. The Kier molecular flexibility index (Phi) is 3.12. The molecule has 0 spiro atoms. The summed E-state index contributed by atoms with van der Waals surface area (Å²) < 4.78 is 5.34. The predicted octanol–water partition coefficient (Wildman–Crippen LogP) is 4.17. The van der Waals surface area contributed by atoms with Crippen molar-refractivity contribution in [3.05, 3.63) is 54.5 Å². The van der Waals surface area contributed by atoms with E-state index in [1.807, 2.05) is 49.4 Å². The number of methoxy groups -OCH3 is 1. The Morgan fingerprint density at radius 3 is 2.78 bits per heavy atom. The first-order chi connectivity index (χ1) is 11.2. The number of imidazole rings is 1. The zero-order valence-corrected chi connectivity index (χ0v) is 12.9. The summed E-state index contributed by atoms with van der Waals surface area (Å²) in [6.45, 7) is 1.99. The van der Waals surface area contributed by atoms with Crippen LogP contribution in [-0.4, -0.2) is 22.1 Å². The number of aromatic nitrogens is 3. The molecule has 2 heterocycles. The maximum absolute atomic E-state index is 5.34. The Morgan fingerprint density at radius 1 is 1.04 bits per heavy atom. The lowest BCUT2D eigenvalue weighted by molar-refractivity contribution is 0.415. The summed E-state index contributed by atoms with van der Waals surface area (Å²) in [5, 5.41) is 4.51. The van der Waals surface area contributed by atoms with Gasteiger partial charge in [0.1, 0.15) is 5.75 Å². The van der Waals surface area contributed by atoms with E-state index in [9.17, 15) is 0 Å². The number of aromatic amines is 1. The second kappa shape index (κ2) is 5.28. The van der Waals surface area contributed by atoms with Gasteiger partial charge >= 0.3 is 0 Å². The first kappa shape index (κ1) is 13.6. The van der Waals surface area contributed by atoms with Crippen molar-refractivity contribution in [1.29, 1.82) is 0 Å². The molecule has 5 heteroatoms. The first-order valence-corrected chi connectivity index (χ1v) is 7.38. The van der Waals surface area contributed by atoms with Crippen molar-refractivity contribution in [3.63, 3.8) is 0 Å². The summed E-state index contributed by atoms with van der Waals surface area (Å²) in [4.78, 5) is 12.0. The highest BCUT2D eigenvalue weighted by atomic mass is 16.5. The highest BCUT2D eigenvalue weighted by Crippen LogP contribution is 2.30. The van der Waals surface area contributed by atoms with E-state index in [1.165, 1.54) is 0 Å². The summed E-state index contributed by atoms with van der Waals surface area (Å²) in [6, 6.07) is 14.0. The molecule has 0 aliphatic carbocycles. The molecular formula is C18H16N4O. The van der Waals surface area contributed by atoms with Crippen molar-refractivity contribution in [3.8, 4) is 5.75 Å². The molecule has 0 bridgehead atoms. The highest BCUT2D eigenvalue weighted by molar-refractivity contribution is 5.94. The van der Waals surface area contributed by atoms with Crippen molar-refractivity contribution in [2.24, 2.45) is 0 Å². The third kappa shape index (κ3) is 2.46. The molecule has 0 saturated heterocycles. The normalized spacial score (nSPS) is 11.0. The SMILES string of the molecule is COc1ccc2nc(C)cc(Nc3ccc4nc[nH]c4c3)c2c1. The molecule has 5 nitrogen and oxygen atoms in total. The lowest BCUT2D eigenvalue weighted by atomic mass is 10.1. The van der Waals surface area contributed by atoms with Gasteiger partial charge in [0.2, 0.25) is 0 Å². The van der Waals surface area contributed by atoms with Gasteiger partial charge in [-0.25, -0.2) is 4.98 Å². The van der Waals surface area contributed by atoms with E-state index >= 15 is 0 Å². The van der Waals surface area contributed by atoms with Gasteiger partial charge in [-0.1, -0.05) is 0 Å². The van der Waals surface area contributed by atoms with E-state index in [2.05, 4.69) is 20.3 Å². The summed E-state index contributed by atoms with van der Waals surface area (Å²) in [5.74, 6) is 0.815. The minimum atomic E-state index is 0.815. The molecule has 0 amide bonds. The van der Waals surface area contributed by atoms with Crippen LogP contribution in [0.15, 0.2) is 48.8 Å². The van der Waals surface area contributed by atoms with Crippen LogP contribution < -0.4 is 10.1 Å². The fourth-order valence-corrected chi connectivity index (χ4v) is 2.74. The number of H-pyrrole nitrogens is 1. The number of benzene rings is 2. The molecule has 0 saturated carbocycles. The van der Waals surface area contributed by atoms with Gasteiger partial charge in [-0.15, -0.1) is 0 Å². The van der Waals surface area contributed by atoms with Crippen LogP contribution in [0.3, 0.4) is 0 Å². The molecule has 23 heavy (non-hydrogen) atoms. The van der Waals surface area contributed by atoms with E-state index in [0.29, 0.717) is 0 Å². The minimum absolute atomic E-state index is 0.815. The standard InChI is InChI=1S/C18H16N4O/c1-11-7-17(14-9-13(23-2)4-6-15(14)21-11)22-12-3-5-16-18(8-12)20-10-19-16/h3-10H,1-2H3,(H,19,20)(H,21,22). The molecule has 4 aromatic rings. The molecule has 0 aliphatic rings. The number of fused-ring (bicyclic) bond motifs is 2. The van der Waals surface area contributed by atoms with Crippen molar-refractivity contribution in [2.45, 2.75) is 6.92 Å². The number of anilines is 2. The van der Waals surface area contributed by atoms with Crippen LogP contribution in [-0.2, 0) is 0 Å². The van der Waals surface area contributed by atoms with E-state index in [1.54, 1.807) is 13.4 Å². The molecule has 114 valence electrons. The predicted molar refractivity (Wildman–Crippen MR) is 92.4 cm³/mol. The maximum Gasteiger partial charge on any atom is 0.119 e. The number of pyridine rings is 1. The summed E-state index contributed by atoms with van der Waals surface area (Å²) >= 11 is 0. The summed E-state index contributed by atoms with van der Waals surface area (Å²) in [5.41, 5.74) is 5.86. The summed E-state index contributed by atoms with van der Waals surface area (Å²) in [7, 11) is 1.67. The van der Waals surface area contributed by atoms with Crippen LogP contribution in [0.25, 0.3) is 21.9 Å². The Labute approximate surface area is 133 Å². The van der Waals surface area contributed by atoms with Gasteiger partial charge in [-0.3, -0.25) is 4.98 Å². The van der Waals surface area contributed by atoms with Gasteiger partial charge < -0.3 is 15.0 Å². The van der Waals surface area contributed by atoms with Crippen molar-refractivity contribution in [2.75, 3.05) is 12.4 Å². The minimum Gasteiger partial charge on any atom is -0.497 e. The van der Waals surface area contributed by atoms with Gasteiger partial charge in [-0.2, -0.15) is 0 Å². The average molecular weight is 304 g/mol. The molecule has 0 fully saturated rings. The Bertz CT molecular complexity index is 1010. The fourth-order valence-electron chi connectivity index (χ4n) is 2.74. The van der Waals surface area contributed by atoms with Crippen LogP contribution in [0.5, 0.6) is 5.75 Å². The van der Waals surface area contributed by atoms with Crippen LogP contribution in [0.2, 0.25) is 0 Å². The van der Waals surface area contributed by atoms with Crippen molar-refractivity contribution in [1.82, 2.24) is 15.0 Å². The second-order valence-electron chi connectivity index (χ2n) is 5.45. The molecule has 0 unspecified atom stereocenters. The van der Waals surface area contributed by atoms with E-state index in [0.717, 1.165) is 44.8 Å². The molecule has 4 rings (SSSR count). The highest BCUT2D eigenvalue weighted by Gasteiger charge is 2.07. The molecular weight excluding hydrogens is 288 g/mol. The van der Waals surface area contributed by atoms with Gasteiger partial charge in [0, 0.05) is 22.5 Å². The second-order valence-corrected chi connectivity index (χ2v) is 5.45. The third-order valence-electron chi connectivity index (χ3n) is 3.84. The monoisotopic (exact) mass is 304 g/mol. The van der Waals surface area contributed by atoms with Crippen molar-refractivity contribution < 1.29 is 4.74 Å². The zero-order chi connectivity index (χ0) is 15.8. The van der Waals surface area contributed by atoms with E-state index in [4.69, 9.17) is 4.74 Å². The van der Waals surface area contributed by atoms with Crippen LogP contribution in [0.1, 0.15) is 5.69 Å². The van der Waals surface area contributed by atoms with Crippen molar-refractivity contribution >= 4 is 33.3 Å². The van der Waals surface area contributed by atoms with Gasteiger partial charge in [-0.05, 0) is 49.4 Å². The molecule has 0 atom stereocenters. The number of hydrogen-bond donors (Lipinski definition) is 2. The lowest BCUT2D eigenvalue weighted by Gasteiger charge is -2.12. The van der Waals surface area contributed by atoms with E-state index in [-0.39, 0.29) is 0 Å². The zero-order valence-electron chi connectivity index (χ0n) is 12.9. The molecule has 2 aromatic carbocycles. The van der Waals surface area contributed by atoms with Crippen LogP contribution in [0, 0.1) is 6.92 Å². The van der Waals surface area contributed by atoms with E-state index < -0.39 is 0 Å². The van der Waals surface area contributed by atoms with Crippen LogP contribution in [0.4, 0.5) is 11.4 Å². The number of nitrogens with one attached hydrogen (secondary N) is 2. The van der Waals surface area contributed by atoms with Gasteiger partial charge in [0.15, 0.2) is 0 Å². The Morgan fingerprint density at radius 2 is 1.91 bits per heavy atom. The molecule has 2 aromatic heterocycles. The van der Waals surface area contributed by atoms with Gasteiger partial charge in [0.25, 0.3) is 0 Å². The quantitative estimate of drug-likeness (QED) is 0.596. The van der Waals surface area contributed by atoms with Crippen LogP contribution >= 0.6 is 0 Å². The average Bonchev–Trinajstić information content (AvgIpc) is 3.02. The maximum atomic E-state index is 5.34. The first-order valence-electron chi connectivity index (χ1n) is 7.38.